The summed E-state index contributed by atoms with van der Waals surface area (Å²) in [7, 11) is 0. The zero-order valence-corrected chi connectivity index (χ0v) is 10.4. The first-order chi connectivity index (χ1) is 8.15. The lowest BCUT2D eigenvalue weighted by atomic mass is 10.2. The Hall–Kier alpha value is -1.13. The fourth-order valence-electron chi connectivity index (χ4n) is 1.39. The summed E-state index contributed by atoms with van der Waals surface area (Å²) in [6, 6.07) is 4.59. The number of benzene rings is 1. The Labute approximate surface area is 102 Å². The van der Waals surface area contributed by atoms with Gasteiger partial charge in [-0.05, 0) is 30.7 Å². The van der Waals surface area contributed by atoms with Crippen molar-refractivity contribution in [1.82, 2.24) is 5.32 Å². The average molecular weight is 241 g/mol. The van der Waals surface area contributed by atoms with E-state index in [0.717, 1.165) is 12.1 Å². The van der Waals surface area contributed by atoms with E-state index in [0.29, 0.717) is 18.7 Å². The topological polar surface area (TPSA) is 41.5 Å². The highest BCUT2D eigenvalue weighted by molar-refractivity contribution is 5.29. The van der Waals surface area contributed by atoms with Gasteiger partial charge in [0.2, 0.25) is 0 Å². The molecule has 0 aliphatic rings. The number of hydrogen-bond acceptors (Lipinski definition) is 3. The fourth-order valence-corrected chi connectivity index (χ4v) is 1.39. The van der Waals surface area contributed by atoms with Crippen molar-refractivity contribution >= 4 is 0 Å². The van der Waals surface area contributed by atoms with Crippen LogP contribution < -0.4 is 10.1 Å². The van der Waals surface area contributed by atoms with E-state index in [1.165, 1.54) is 12.1 Å². The highest BCUT2D eigenvalue weighted by Crippen LogP contribution is 2.16. The van der Waals surface area contributed by atoms with E-state index < -0.39 is 6.10 Å². The average Bonchev–Trinajstić information content (AvgIpc) is 2.32. The third kappa shape index (κ3) is 5.15. The molecule has 3 nitrogen and oxygen atoms in total. The third-order valence-electron chi connectivity index (χ3n) is 2.42. The van der Waals surface area contributed by atoms with Crippen molar-refractivity contribution in [1.29, 1.82) is 0 Å². The first kappa shape index (κ1) is 13.9. The van der Waals surface area contributed by atoms with E-state index in [4.69, 9.17) is 4.74 Å². The molecule has 0 saturated heterocycles. The first-order valence-corrected chi connectivity index (χ1v) is 5.96. The van der Waals surface area contributed by atoms with Crippen LogP contribution in [-0.4, -0.2) is 24.4 Å². The summed E-state index contributed by atoms with van der Waals surface area (Å²) in [5.74, 6) is 0.145. The van der Waals surface area contributed by atoms with Crippen LogP contribution in [0.4, 0.5) is 4.39 Å². The Morgan fingerprint density at radius 1 is 1.35 bits per heavy atom. The summed E-state index contributed by atoms with van der Waals surface area (Å²) in [5.41, 5.74) is 0.841. The molecular formula is C13H20FNO2. The van der Waals surface area contributed by atoms with Gasteiger partial charge in [-0.3, -0.25) is 0 Å². The van der Waals surface area contributed by atoms with Crippen LogP contribution in [0.2, 0.25) is 0 Å². The smallest absolute Gasteiger partial charge is 0.127 e. The second-order valence-corrected chi connectivity index (χ2v) is 3.95. The van der Waals surface area contributed by atoms with Crippen LogP contribution in [0.25, 0.3) is 0 Å². The lowest BCUT2D eigenvalue weighted by Gasteiger charge is -2.11. The number of ether oxygens (including phenoxy) is 1. The molecule has 0 amide bonds. The molecule has 0 aliphatic carbocycles. The SMILES string of the molecule is CCNCc1cc(F)cc(OCC(O)CC)c1. The zero-order chi connectivity index (χ0) is 12.7. The van der Waals surface area contributed by atoms with Crippen molar-refractivity contribution < 1.29 is 14.2 Å². The predicted molar refractivity (Wildman–Crippen MR) is 65.6 cm³/mol. The lowest BCUT2D eigenvalue weighted by Crippen LogP contribution is -2.16. The molecule has 1 rings (SSSR count). The number of halogens is 1. The first-order valence-electron chi connectivity index (χ1n) is 5.96. The third-order valence-corrected chi connectivity index (χ3v) is 2.42. The van der Waals surface area contributed by atoms with Gasteiger partial charge in [-0.25, -0.2) is 4.39 Å². The van der Waals surface area contributed by atoms with Crippen LogP contribution in [0.3, 0.4) is 0 Å². The largest absolute Gasteiger partial charge is 0.491 e. The van der Waals surface area contributed by atoms with E-state index in [2.05, 4.69) is 5.32 Å². The summed E-state index contributed by atoms with van der Waals surface area (Å²) >= 11 is 0. The van der Waals surface area contributed by atoms with Crippen LogP contribution in [0.5, 0.6) is 5.75 Å². The minimum Gasteiger partial charge on any atom is -0.491 e. The highest BCUT2D eigenvalue weighted by Gasteiger charge is 2.05. The number of rotatable bonds is 7. The van der Waals surface area contributed by atoms with E-state index in [9.17, 15) is 9.50 Å². The summed E-state index contributed by atoms with van der Waals surface area (Å²) in [5, 5.41) is 12.5. The predicted octanol–water partition coefficient (Wildman–Crippen LogP) is 2.08. The molecule has 1 aromatic rings. The van der Waals surface area contributed by atoms with Crippen molar-refractivity contribution in [3.05, 3.63) is 29.6 Å². The molecular weight excluding hydrogens is 221 g/mol. The van der Waals surface area contributed by atoms with Gasteiger partial charge in [0.15, 0.2) is 0 Å². The molecule has 1 unspecified atom stereocenters. The standard InChI is InChI=1S/C13H20FNO2/c1-3-12(16)9-17-13-6-10(8-15-4-2)5-11(14)7-13/h5-7,12,15-16H,3-4,8-9H2,1-2H3. The molecule has 1 atom stereocenters. The van der Waals surface area contributed by atoms with Crippen molar-refractivity contribution in [2.24, 2.45) is 0 Å². The summed E-state index contributed by atoms with van der Waals surface area (Å²) < 4.78 is 18.6. The molecule has 0 heterocycles. The van der Waals surface area contributed by atoms with E-state index in [1.54, 1.807) is 6.07 Å². The summed E-state index contributed by atoms with van der Waals surface area (Å²) in [6.07, 6.45) is 0.120. The van der Waals surface area contributed by atoms with Gasteiger partial charge in [-0.2, -0.15) is 0 Å². The van der Waals surface area contributed by atoms with Crippen molar-refractivity contribution in [3.8, 4) is 5.75 Å². The quantitative estimate of drug-likeness (QED) is 0.768. The number of nitrogens with one attached hydrogen (secondary N) is 1. The van der Waals surface area contributed by atoms with Gasteiger partial charge in [-0.15, -0.1) is 0 Å². The van der Waals surface area contributed by atoms with Gasteiger partial charge in [0.25, 0.3) is 0 Å². The highest BCUT2D eigenvalue weighted by atomic mass is 19.1. The van der Waals surface area contributed by atoms with Gasteiger partial charge in [0, 0.05) is 12.6 Å². The molecule has 17 heavy (non-hydrogen) atoms. The van der Waals surface area contributed by atoms with Gasteiger partial charge >= 0.3 is 0 Å². The molecule has 0 radical (unpaired) electrons. The second kappa shape index (κ2) is 7.25. The van der Waals surface area contributed by atoms with Gasteiger partial charge in [-0.1, -0.05) is 13.8 Å². The molecule has 96 valence electrons. The molecule has 0 fully saturated rings. The second-order valence-electron chi connectivity index (χ2n) is 3.95. The molecule has 0 bridgehead atoms. The van der Waals surface area contributed by atoms with Crippen LogP contribution in [0.15, 0.2) is 18.2 Å². The summed E-state index contributed by atoms with van der Waals surface area (Å²) in [4.78, 5) is 0. The maximum absolute atomic E-state index is 13.3. The molecule has 0 aliphatic heterocycles. The van der Waals surface area contributed by atoms with E-state index in [1.807, 2.05) is 13.8 Å². The Morgan fingerprint density at radius 3 is 2.76 bits per heavy atom. The summed E-state index contributed by atoms with van der Waals surface area (Å²) in [6.45, 7) is 5.51. The fraction of sp³-hybridized carbons (Fsp3) is 0.538. The zero-order valence-electron chi connectivity index (χ0n) is 10.4. The van der Waals surface area contributed by atoms with E-state index >= 15 is 0 Å². The molecule has 0 spiro atoms. The number of aliphatic hydroxyl groups is 1. The minimum atomic E-state index is -0.504. The van der Waals surface area contributed by atoms with Gasteiger partial charge in [0.1, 0.15) is 18.2 Å². The van der Waals surface area contributed by atoms with Crippen LogP contribution in [0.1, 0.15) is 25.8 Å². The number of aliphatic hydroxyl groups excluding tert-OH is 1. The molecule has 2 N–H and O–H groups in total. The van der Waals surface area contributed by atoms with Gasteiger partial charge < -0.3 is 15.2 Å². The molecule has 1 aromatic carbocycles. The molecule has 0 aromatic heterocycles. The lowest BCUT2D eigenvalue weighted by molar-refractivity contribution is 0.104. The molecule has 0 saturated carbocycles. The van der Waals surface area contributed by atoms with Crippen molar-refractivity contribution in [3.63, 3.8) is 0 Å². The van der Waals surface area contributed by atoms with E-state index in [-0.39, 0.29) is 12.4 Å². The van der Waals surface area contributed by atoms with Crippen molar-refractivity contribution in [2.45, 2.75) is 32.9 Å². The van der Waals surface area contributed by atoms with Crippen LogP contribution in [-0.2, 0) is 6.54 Å². The maximum Gasteiger partial charge on any atom is 0.127 e. The maximum atomic E-state index is 13.3. The molecule has 4 heteroatoms. The normalized spacial score (nSPS) is 12.5. The Balaban J connectivity index is 2.61. The van der Waals surface area contributed by atoms with Crippen LogP contribution >= 0.6 is 0 Å². The monoisotopic (exact) mass is 241 g/mol. The van der Waals surface area contributed by atoms with Gasteiger partial charge in [0.05, 0.1) is 6.10 Å². The number of hydrogen-bond donors (Lipinski definition) is 2. The Morgan fingerprint density at radius 2 is 2.12 bits per heavy atom. The van der Waals surface area contributed by atoms with Crippen molar-refractivity contribution in [2.75, 3.05) is 13.2 Å². The minimum absolute atomic E-state index is 0.195. The Bertz CT molecular complexity index is 344. The Kier molecular flexibility index (Phi) is 5.94. The van der Waals surface area contributed by atoms with Crippen LogP contribution in [0, 0.1) is 5.82 Å².